The van der Waals surface area contributed by atoms with Gasteiger partial charge in [-0.25, -0.2) is 14.2 Å². The molecule has 0 aromatic heterocycles. The first-order valence-corrected chi connectivity index (χ1v) is 6.24. The van der Waals surface area contributed by atoms with Crippen LogP contribution in [0.5, 0.6) is 11.5 Å². The number of nitrogens with one attached hydrogen (secondary N) is 1. The Morgan fingerprint density at radius 2 is 1.81 bits per heavy atom. The van der Waals surface area contributed by atoms with Crippen LogP contribution in [0.15, 0.2) is 36.4 Å². The number of methoxy groups -OCH3 is 2. The fourth-order valence-corrected chi connectivity index (χ4v) is 2.22. The number of hydrogen-bond donors (Lipinski definition) is 2. The first-order valence-electron chi connectivity index (χ1n) is 6.24. The van der Waals surface area contributed by atoms with Crippen molar-refractivity contribution in [1.82, 2.24) is 5.43 Å². The van der Waals surface area contributed by atoms with E-state index >= 15 is 0 Å². The summed E-state index contributed by atoms with van der Waals surface area (Å²) in [7, 11) is 2.99. The van der Waals surface area contributed by atoms with Gasteiger partial charge < -0.3 is 9.47 Å². The van der Waals surface area contributed by atoms with Crippen LogP contribution in [-0.2, 0) is 0 Å². The van der Waals surface area contributed by atoms with Gasteiger partial charge in [0.05, 0.1) is 20.3 Å². The molecule has 21 heavy (non-hydrogen) atoms. The molecule has 0 radical (unpaired) electrons. The predicted octanol–water partition coefficient (Wildman–Crippen LogP) is 2.53. The van der Waals surface area contributed by atoms with Crippen LogP contribution in [0.3, 0.4) is 0 Å². The van der Waals surface area contributed by atoms with Crippen LogP contribution in [0.4, 0.5) is 8.78 Å². The van der Waals surface area contributed by atoms with Gasteiger partial charge >= 0.3 is 0 Å². The molecule has 4 nitrogen and oxygen atoms in total. The Morgan fingerprint density at radius 1 is 1.05 bits per heavy atom. The van der Waals surface area contributed by atoms with E-state index in [-0.39, 0.29) is 5.56 Å². The highest BCUT2D eigenvalue weighted by atomic mass is 19.1. The third-order valence-corrected chi connectivity index (χ3v) is 3.18. The molecular formula is C15H16F2N2O2. The molecule has 1 unspecified atom stereocenters. The van der Waals surface area contributed by atoms with Gasteiger partial charge in [0, 0.05) is 17.2 Å². The van der Waals surface area contributed by atoms with Gasteiger partial charge in [-0.05, 0) is 12.1 Å². The number of rotatable bonds is 5. The second-order valence-corrected chi connectivity index (χ2v) is 4.35. The molecule has 0 aliphatic heterocycles. The topological polar surface area (TPSA) is 56.5 Å². The van der Waals surface area contributed by atoms with Gasteiger partial charge in [-0.1, -0.05) is 18.2 Å². The Labute approximate surface area is 121 Å². The lowest BCUT2D eigenvalue weighted by Crippen LogP contribution is -2.30. The zero-order chi connectivity index (χ0) is 15.4. The lowest BCUT2D eigenvalue weighted by Gasteiger charge is -2.21. The summed E-state index contributed by atoms with van der Waals surface area (Å²) in [5.41, 5.74) is 3.32. The third-order valence-electron chi connectivity index (χ3n) is 3.18. The van der Waals surface area contributed by atoms with Gasteiger partial charge in [0.25, 0.3) is 0 Å². The average molecular weight is 294 g/mol. The molecule has 1 atom stereocenters. The molecule has 0 heterocycles. The summed E-state index contributed by atoms with van der Waals surface area (Å²) in [6, 6.07) is 7.82. The molecule has 0 amide bonds. The summed E-state index contributed by atoms with van der Waals surface area (Å²) >= 11 is 0. The number of hydrogen-bond acceptors (Lipinski definition) is 4. The minimum Gasteiger partial charge on any atom is -0.493 e. The molecule has 0 fully saturated rings. The van der Waals surface area contributed by atoms with Crippen molar-refractivity contribution in [2.24, 2.45) is 5.84 Å². The van der Waals surface area contributed by atoms with Crippen molar-refractivity contribution in [3.63, 3.8) is 0 Å². The second-order valence-electron chi connectivity index (χ2n) is 4.35. The summed E-state index contributed by atoms with van der Waals surface area (Å²) < 4.78 is 37.6. The number of nitrogens with two attached hydrogens (primary N) is 1. The van der Waals surface area contributed by atoms with E-state index in [1.165, 1.54) is 26.4 Å². The molecule has 2 aromatic rings. The van der Waals surface area contributed by atoms with Crippen LogP contribution in [0.1, 0.15) is 17.2 Å². The van der Waals surface area contributed by atoms with Gasteiger partial charge in [0.2, 0.25) is 0 Å². The van der Waals surface area contributed by atoms with Crippen LogP contribution in [-0.4, -0.2) is 14.2 Å². The molecule has 6 heteroatoms. The van der Waals surface area contributed by atoms with E-state index in [0.29, 0.717) is 17.1 Å². The standard InChI is InChI=1S/C15H16F2N2O2/c1-20-13-5-3-4-11(15(13)21-2)14(19-18)10-7-6-9(16)8-12(10)17/h3-8,14,19H,18H2,1-2H3. The average Bonchev–Trinajstić information content (AvgIpc) is 2.49. The molecule has 0 spiro atoms. The lowest BCUT2D eigenvalue weighted by molar-refractivity contribution is 0.348. The van der Waals surface area contributed by atoms with Crippen LogP contribution in [0.25, 0.3) is 0 Å². The molecule has 0 saturated heterocycles. The smallest absolute Gasteiger partial charge is 0.165 e. The van der Waals surface area contributed by atoms with Gasteiger partial charge in [-0.3, -0.25) is 5.84 Å². The van der Waals surface area contributed by atoms with Crippen molar-refractivity contribution >= 4 is 0 Å². The molecular weight excluding hydrogens is 278 g/mol. The Balaban J connectivity index is 2.56. The van der Waals surface area contributed by atoms with Gasteiger partial charge in [-0.15, -0.1) is 0 Å². The minimum absolute atomic E-state index is 0.213. The Kier molecular flexibility index (Phi) is 4.72. The molecule has 0 aliphatic carbocycles. The molecule has 3 N–H and O–H groups in total. The number of ether oxygens (including phenoxy) is 2. The Morgan fingerprint density at radius 3 is 2.38 bits per heavy atom. The molecule has 0 aliphatic rings. The van der Waals surface area contributed by atoms with Gasteiger partial charge in [0.15, 0.2) is 11.5 Å². The highest BCUT2D eigenvalue weighted by molar-refractivity contribution is 5.50. The number of hydrazine groups is 1. The van der Waals surface area contributed by atoms with Crippen LogP contribution >= 0.6 is 0 Å². The first kappa shape index (κ1) is 15.2. The van der Waals surface area contributed by atoms with Crippen molar-refractivity contribution in [3.05, 3.63) is 59.2 Å². The van der Waals surface area contributed by atoms with Crippen LogP contribution in [0.2, 0.25) is 0 Å². The summed E-state index contributed by atoms with van der Waals surface area (Å²) in [6.07, 6.45) is 0. The van der Waals surface area contributed by atoms with Gasteiger partial charge in [-0.2, -0.15) is 0 Å². The highest BCUT2D eigenvalue weighted by Crippen LogP contribution is 2.37. The molecule has 2 rings (SSSR count). The largest absolute Gasteiger partial charge is 0.493 e. The van der Waals surface area contributed by atoms with E-state index in [0.717, 1.165) is 6.07 Å². The van der Waals surface area contributed by atoms with E-state index in [1.54, 1.807) is 18.2 Å². The van der Waals surface area contributed by atoms with Crippen molar-refractivity contribution in [3.8, 4) is 11.5 Å². The van der Waals surface area contributed by atoms with Crippen molar-refractivity contribution in [1.29, 1.82) is 0 Å². The van der Waals surface area contributed by atoms with Crippen molar-refractivity contribution in [2.45, 2.75) is 6.04 Å². The zero-order valence-electron chi connectivity index (χ0n) is 11.7. The molecule has 0 bridgehead atoms. The van der Waals surface area contributed by atoms with E-state index in [9.17, 15) is 8.78 Å². The summed E-state index contributed by atoms with van der Waals surface area (Å²) in [5, 5.41) is 0. The van der Waals surface area contributed by atoms with Crippen molar-refractivity contribution in [2.75, 3.05) is 14.2 Å². The maximum absolute atomic E-state index is 14.0. The van der Waals surface area contributed by atoms with E-state index in [1.807, 2.05) is 0 Å². The zero-order valence-corrected chi connectivity index (χ0v) is 11.7. The SMILES string of the molecule is COc1cccc(C(NN)c2ccc(F)cc2F)c1OC. The van der Waals surface area contributed by atoms with Crippen molar-refractivity contribution < 1.29 is 18.3 Å². The van der Waals surface area contributed by atoms with Crippen LogP contribution in [0, 0.1) is 11.6 Å². The third kappa shape index (κ3) is 2.96. The maximum Gasteiger partial charge on any atom is 0.165 e. The van der Waals surface area contributed by atoms with Gasteiger partial charge in [0.1, 0.15) is 11.6 Å². The highest BCUT2D eigenvalue weighted by Gasteiger charge is 2.22. The predicted molar refractivity (Wildman–Crippen MR) is 75.1 cm³/mol. The number of halogens is 2. The molecule has 0 saturated carbocycles. The van der Waals surface area contributed by atoms with E-state index in [4.69, 9.17) is 15.3 Å². The van der Waals surface area contributed by atoms with E-state index < -0.39 is 17.7 Å². The fraction of sp³-hybridized carbons (Fsp3) is 0.200. The lowest BCUT2D eigenvalue weighted by atomic mass is 9.97. The second kappa shape index (κ2) is 6.51. The number of para-hydroxylation sites is 1. The fourth-order valence-electron chi connectivity index (χ4n) is 2.22. The minimum atomic E-state index is -0.698. The summed E-state index contributed by atoms with van der Waals surface area (Å²) in [6.45, 7) is 0. The molecule has 112 valence electrons. The quantitative estimate of drug-likeness (QED) is 0.657. The normalized spacial score (nSPS) is 12.0. The maximum atomic E-state index is 14.0. The summed E-state index contributed by atoms with van der Waals surface area (Å²) in [5.74, 6) is 5.15. The Bertz CT molecular complexity index is 635. The van der Waals surface area contributed by atoms with E-state index in [2.05, 4.69) is 5.43 Å². The first-order chi connectivity index (χ1) is 10.1. The molecule has 2 aromatic carbocycles. The van der Waals surface area contributed by atoms with Crippen LogP contribution < -0.4 is 20.7 Å². The number of benzene rings is 2. The summed E-state index contributed by atoms with van der Waals surface area (Å²) in [4.78, 5) is 0. The monoisotopic (exact) mass is 294 g/mol. The Hall–Kier alpha value is -2.18.